The highest BCUT2D eigenvalue weighted by atomic mass is 35.5. The summed E-state index contributed by atoms with van der Waals surface area (Å²) in [6.45, 7) is 4.08. The van der Waals surface area contributed by atoms with Crippen molar-refractivity contribution in [3.63, 3.8) is 0 Å². The lowest BCUT2D eigenvalue weighted by Gasteiger charge is -2.09. The van der Waals surface area contributed by atoms with Gasteiger partial charge in [-0.2, -0.15) is 0 Å². The van der Waals surface area contributed by atoms with Crippen LogP contribution in [0.25, 0.3) is 21.2 Å². The second-order valence-electron chi connectivity index (χ2n) is 5.60. The number of amides is 1. The first kappa shape index (κ1) is 16.0. The van der Waals surface area contributed by atoms with E-state index >= 15 is 0 Å². The van der Waals surface area contributed by atoms with Crippen molar-refractivity contribution >= 4 is 38.9 Å². The zero-order chi connectivity index (χ0) is 16.4. The summed E-state index contributed by atoms with van der Waals surface area (Å²) in [6.07, 6.45) is 0.918. The molecule has 2 aromatic carbocycles. The fourth-order valence-corrected chi connectivity index (χ4v) is 3.79. The standard InChI is InChI=1S/C19H18ClNOS/c1-3-12(2)21-19(22)17-11-13-7-6-9-15(18(13)23-17)14-8-4-5-10-16(14)20/h4-12H,3H2,1-2H3,(H,21,22). The minimum atomic E-state index is -0.00865. The Kier molecular flexibility index (Phi) is 4.69. The van der Waals surface area contributed by atoms with E-state index in [1.807, 2.05) is 49.4 Å². The van der Waals surface area contributed by atoms with Crippen molar-refractivity contribution in [2.45, 2.75) is 26.3 Å². The summed E-state index contributed by atoms with van der Waals surface area (Å²) >= 11 is 7.86. The molecule has 3 rings (SSSR count). The van der Waals surface area contributed by atoms with Crippen molar-refractivity contribution < 1.29 is 4.79 Å². The maximum Gasteiger partial charge on any atom is 0.261 e. The third-order valence-corrected chi connectivity index (χ3v) is 5.43. The van der Waals surface area contributed by atoms with Gasteiger partial charge >= 0.3 is 0 Å². The van der Waals surface area contributed by atoms with E-state index in [0.29, 0.717) is 0 Å². The molecule has 0 radical (unpaired) electrons. The monoisotopic (exact) mass is 343 g/mol. The highest BCUT2D eigenvalue weighted by Gasteiger charge is 2.15. The third-order valence-electron chi connectivity index (χ3n) is 3.92. The lowest BCUT2D eigenvalue weighted by molar-refractivity contribution is 0.0943. The van der Waals surface area contributed by atoms with Crippen molar-refractivity contribution in [3.05, 3.63) is 58.4 Å². The van der Waals surface area contributed by atoms with Gasteiger partial charge in [0, 0.05) is 26.9 Å². The van der Waals surface area contributed by atoms with Crippen LogP contribution >= 0.6 is 22.9 Å². The topological polar surface area (TPSA) is 29.1 Å². The number of nitrogens with one attached hydrogen (secondary N) is 1. The molecule has 1 aromatic heterocycles. The third kappa shape index (κ3) is 3.26. The first-order chi connectivity index (χ1) is 11.1. The molecule has 23 heavy (non-hydrogen) atoms. The average molecular weight is 344 g/mol. The van der Waals surface area contributed by atoms with Gasteiger partial charge in [0.15, 0.2) is 0 Å². The summed E-state index contributed by atoms with van der Waals surface area (Å²) in [5.74, 6) is -0.00865. The Morgan fingerprint density at radius 1 is 1.17 bits per heavy atom. The molecule has 1 heterocycles. The molecule has 3 aromatic rings. The van der Waals surface area contributed by atoms with Crippen molar-refractivity contribution in [3.8, 4) is 11.1 Å². The molecule has 1 unspecified atom stereocenters. The molecule has 0 saturated heterocycles. The van der Waals surface area contributed by atoms with E-state index in [9.17, 15) is 4.79 Å². The van der Waals surface area contributed by atoms with Crippen LogP contribution in [0.3, 0.4) is 0 Å². The zero-order valence-electron chi connectivity index (χ0n) is 13.1. The van der Waals surface area contributed by atoms with E-state index in [0.717, 1.165) is 37.5 Å². The molecule has 1 atom stereocenters. The largest absolute Gasteiger partial charge is 0.349 e. The molecule has 118 valence electrons. The number of rotatable bonds is 4. The van der Waals surface area contributed by atoms with Crippen molar-refractivity contribution in [1.82, 2.24) is 5.32 Å². The quantitative estimate of drug-likeness (QED) is 0.642. The van der Waals surface area contributed by atoms with Crippen LogP contribution in [-0.4, -0.2) is 11.9 Å². The van der Waals surface area contributed by atoms with Crippen molar-refractivity contribution in [2.24, 2.45) is 0 Å². The van der Waals surface area contributed by atoms with Gasteiger partial charge in [0.1, 0.15) is 0 Å². The number of thiophene rings is 1. The second kappa shape index (κ2) is 6.73. The lowest BCUT2D eigenvalue weighted by Crippen LogP contribution is -2.31. The molecule has 1 amide bonds. The molecule has 1 N–H and O–H groups in total. The Labute approximate surface area is 145 Å². The Hall–Kier alpha value is -1.84. The molecule has 0 bridgehead atoms. The Morgan fingerprint density at radius 3 is 2.65 bits per heavy atom. The summed E-state index contributed by atoms with van der Waals surface area (Å²) in [5, 5.41) is 4.82. The van der Waals surface area contributed by atoms with Crippen LogP contribution in [0.15, 0.2) is 48.5 Å². The van der Waals surface area contributed by atoms with Crippen LogP contribution < -0.4 is 5.32 Å². The SMILES string of the molecule is CCC(C)NC(=O)c1cc2cccc(-c3ccccc3Cl)c2s1. The molecule has 0 aliphatic rings. The summed E-state index contributed by atoms with van der Waals surface area (Å²) < 4.78 is 1.09. The van der Waals surface area contributed by atoms with Crippen LogP contribution in [0, 0.1) is 0 Å². The number of fused-ring (bicyclic) bond motifs is 1. The van der Waals surface area contributed by atoms with E-state index in [1.165, 1.54) is 11.3 Å². The number of benzene rings is 2. The van der Waals surface area contributed by atoms with Crippen LogP contribution in [0.4, 0.5) is 0 Å². The summed E-state index contributed by atoms with van der Waals surface area (Å²) in [5.41, 5.74) is 2.07. The number of hydrogen-bond acceptors (Lipinski definition) is 2. The summed E-state index contributed by atoms with van der Waals surface area (Å²) in [6, 6.07) is 16.0. The Balaban J connectivity index is 2.06. The molecular weight excluding hydrogens is 326 g/mol. The smallest absolute Gasteiger partial charge is 0.261 e. The number of hydrogen-bond donors (Lipinski definition) is 1. The van der Waals surface area contributed by atoms with Gasteiger partial charge < -0.3 is 5.32 Å². The minimum Gasteiger partial charge on any atom is -0.349 e. The van der Waals surface area contributed by atoms with Crippen LogP contribution in [-0.2, 0) is 0 Å². The van der Waals surface area contributed by atoms with Gasteiger partial charge in [0.2, 0.25) is 0 Å². The van der Waals surface area contributed by atoms with Gasteiger partial charge in [-0.3, -0.25) is 4.79 Å². The lowest BCUT2D eigenvalue weighted by atomic mass is 10.0. The fourth-order valence-electron chi connectivity index (χ4n) is 2.46. The van der Waals surface area contributed by atoms with Gasteiger partial charge in [-0.25, -0.2) is 0 Å². The summed E-state index contributed by atoms with van der Waals surface area (Å²) in [7, 11) is 0. The van der Waals surface area contributed by atoms with Crippen LogP contribution in [0.2, 0.25) is 5.02 Å². The minimum absolute atomic E-state index is 0.00865. The van der Waals surface area contributed by atoms with E-state index in [1.54, 1.807) is 0 Å². The van der Waals surface area contributed by atoms with Crippen LogP contribution in [0.5, 0.6) is 0 Å². The van der Waals surface area contributed by atoms with Crippen molar-refractivity contribution in [1.29, 1.82) is 0 Å². The second-order valence-corrected chi connectivity index (χ2v) is 7.06. The molecule has 4 heteroatoms. The predicted molar refractivity (Wildman–Crippen MR) is 99.5 cm³/mol. The normalized spacial score (nSPS) is 12.3. The van der Waals surface area contributed by atoms with Gasteiger partial charge in [-0.05, 0) is 30.9 Å². The van der Waals surface area contributed by atoms with E-state index in [4.69, 9.17) is 11.6 Å². The van der Waals surface area contributed by atoms with Gasteiger partial charge in [-0.15, -0.1) is 11.3 Å². The van der Waals surface area contributed by atoms with E-state index < -0.39 is 0 Å². The Morgan fingerprint density at radius 2 is 1.91 bits per heavy atom. The van der Waals surface area contributed by atoms with E-state index in [-0.39, 0.29) is 11.9 Å². The molecular formula is C19H18ClNOS. The van der Waals surface area contributed by atoms with E-state index in [2.05, 4.69) is 18.3 Å². The highest BCUT2D eigenvalue weighted by Crippen LogP contribution is 2.37. The maximum absolute atomic E-state index is 12.4. The number of carbonyl (C=O) groups is 1. The van der Waals surface area contributed by atoms with Gasteiger partial charge in [0.05, 0.1) is 4.88 Å². The van der Waals surface area contributed by atoms with Gasteiger partial charge in [0.25, 0.3) is 5.91 Å². The fraction of sp³-hybridized carbons (Fsp3) is 0.211. The van der Waals surface area contributed by atoms with Crippen LogP contribution in [0.1, 0.15) is 29.9 Å². The van der Waals surface area contributed by atoms with Crippen molar-refractivity contribution in [2.75, 3.05) is 0 Å². The molecule has 2 nitrogen and oxygen atoms in total. The molecule has 0 aliphatic carbocycles. The first-order valence-electron chi connectivity index (χ1n) is 7.68. The Bertz CT molecular complexity index is 855. The zero-order valence-corrected chi connectivity index (χ0v) is 14.7. The predicted octanol–water partition coefficient (Wildman–Crippen LogP) is 5.75. The average Bonchev–Trinajstić information content (AvgIpc) is 2.99. The number of halogens is 1. The molecule has 0 spiro atoms. The highest BCUT2D eigenvalue weighted by molar-refractivity contribution is 7.21. The van der Waals surface area contributed by atoms with Gasteiger partial charge in [-0.1, -0.05) is 54.9 Å². The molecule has 0 aliphatic heterocycles. The molecule has 0 fully saturated rings. The molecule has 0 saturated carbocycles. The number of carbonyl (C=O) groups excluding carboxylic acids is 1. The summed E-state index contributed by atoms with van der Waals surface area (Å²) in [4.78, 5) is 13.1. The maximum atomic E-state index is 12.4. The first-order valence-corrected chi connectivity index (χ1v) is 8.88.